The Balaban J connectivity index is 1.72. The molecule has 0 aromatic heterocycles. The van der Waals surface area contributed by atoms with Crippen LogP contribution in [-0.4, -0.2) is 30.9 Å². The molecular formula is C17H27NO2. The van der Waals surface area contributed by atoms with Crippen LogP contribution in [-0.2, 0) is 6.42 Å². The van der Waals surface area contributed by atoms with Gasteiger partial charge in [0.2, 0.25) is 0 Å². The number of nitrogens with one attached hydrogen (secondary N) is 1. The first-order valence-electron chi connectivity index (χ1n) is 7.73. The Kier molecular flexibility index (Phi) is 5.86. The van der Waals surface area contributed by atoms with Gasteiger partial charge in [-0.2, -0.15) is 0 Å². The third kappa shape index (κ3) is 4.50. The van der Waals surface area contributed by atoms with Gasteiger partial charge in [0.1, 0.15) is 5.75 Å². The molecule has 0 spiro atoms. The molecule has 112 valence electrons. The van der Waals surface area contributed by atoms with Gasteiger partial charge in [-0.3, -0.25) is 0 Å². The fourth-order valence-electron chi connectivity index (χ4n) is 3.02. The van der Waals surface area contributed by atoms with E-state index in [0.717, 1.165) is 12.2 Å². The topological polar surface area (TPSA) is 41.5 Å². The lowest BCUT2D eigenvalue weighted by Gasteiger charge is -2.21. The molecule has 0 aliphatic heterocycles. The van der Waals surface area contributed by atoms with E-state index in [1.54, 1.807) is 7.11 Å². The van der Waals surface area contributed by atoms with Crippen LogP contribution in [0, 0.1) is 5.92 Å². The number of hydrogen-bond acceptors (Lipinski definition) is 3. The maximum absolute atomic E-state index is 10.2. The van der Waals surface area contributed by atoms with Crippen LogP contribution in [0.2, 0.25) is 0 Å². The predicted octanol–water partition coefficient (Wildman–Crippen LogP) is 2.77. The number of ether oxygens (including phenoxy) is 1. The molecule has 3 nitrogen and oxygen atoms in total. The van der Waals surface area contributed by atoms with Crippen LogP contribution < -0.4 is 10.1 Å². The van der Waals surface area contributed by atoms with Crippen molar-refractivity contribution in [3.05, 3.63) is 29.8 Å². The molecule has 2 unspecified atom stereocenters. The van der Waals surface area contributed by atoms with E-state index in [9.17, 15) is 5.11 Å². The van der Waals surface area contributed by atoms with Crippen LogP contribution in [0.25, 0.3) is 0 Å². The minimum absolute atomic E-state index is 0.184. The Morgan fingerprint density at radius 3 is 2.50 bits per heavy atom. The fourth-order valence-corrected chi connectivity index (χ4v) is 3.02. The average Bonchev–Trinajstić information content (AvgIpc) is 3.00. The van der Waals surface area contributed by atoms with Gasteiger partial charge in [-0.1, -0.05) is 25.0 Å². The molecule has 1 aliphatic carbocycles. The zero-order chi connectivity index (χ0) is 14.4. The highest BCUT2D eigenvalue weighted by molar-refractivity contribution is 5.27. The van der Waals surface area contributed by atoms with Crippen molar-refractivity contribution in [2.45, 2.75) is 51.2 Å². The molecule has 0 bridgehead atoms. The highest BCUT2D eigenvalue weighted by Gasteiger charge is 2.23. The summed E-state index contributed by atoms with van der Waals surface area (Å²) in [6.07, 6.45) is 5.73. The molecule has 2 N–H and O–H groups in total. The molecule has 0 heterocycles. The molecule has 0 radical (unpaired) electrons. The van der Waals surface area contributed by atoms with E-state index in [4.69, 9.17) is 4.74 Å². The van der Waals surface area contributed by atoms with Gasteiger partial charge in [-0.25, -0.2) is 0 Å². The molecule has 1 aromatic carbocycles. The normalized spacial score (nSPS) is 18.9. The monoisotopic (exact) mass is 277 g/mol. The van der Waals surface area contributed by atoms with E-state index in [1.807, 2.05) is 12.1 Å². The molecule has 1 aromatic rings. The SMILES string of the molecule is COc1ccc(CC(C)NCC(O)C2CCCC2)cc1. The summed E-state index contributed by atoms with van der Waals surface area (Å²) in [7, 11) is 1.68. The molecule has 1 saturated carbocycles. The number of aliphatic hydroxyl groups is 1. The van der Waals surface area contributed by atoms with Gasteiger partial charge in [0.15, 0.2) is 0 Å². The van der Waals surface area contributed by atoms with Gasteiger partial charge in [-0.15, -0.1) is 0 Å². The number of rotatable bonds is 7. The largest absolute Gasteiger partial charge is 0.497 e. The lowest BCUT2D eigenvalue weighted by molar-refractivity contribution is 0.106. The van der Waals surface area contributed by atoms with E-state index in [1.165, 1.54) is 31.2 Å². The first kappa shape index (κ1) is 15.3. The molecule has 2 rings (SSSR count). The summed E-state index contributed by atoms with van der Waals surface area (Å²) < 4.78 is 5.16. The second kappa shape index (κ2) is 7.65. The van der Waals surface area contributed by atoms with E-state index < -0.39 is 0 Å². The van der Waals surface area contributed by atoms with Crippen molar-refractivity contribution in [3.63, 3.8) is 0 Å². The second-order valence-electron chi connectivity index (χ2n) is 5.97. The van der Waals surface area contributed by atoms with E-state index in [-0.39, 0.29) is 6.10 Å². The lowest BCUT2D eigenvalue weighted by Crippen LogP contribution is -2.37. The van der Waals surface area contributed by atoms with Crippen LogP contribution in [0.5, 0.6) is 5.75 Å². The number of aliphatic hydroxyl groups excluding tert-OH is 1. The third-order valence-electron chi connectivity index (χ3n) is 4.32. The highest BCUT2D eigenvalue weighted by atomic mass is 16.5. The zero-order valence-electron chi connectivity index (χ0n) is 12.6. The Morgan fingerprint density at radius 1 is 1.25 bits per heavy atom. The maximum Gasteiger partial charge on any atom is 0.118 e. The first-order valence-corrected chi connectivity index (χ1v) is 7.73. The van der Waals surface area contributed by atoms with Crippen molar-refractivity contribution in [2.75, 3.05) is 13.7 Å². The standard InChI is InChI=1S/C17H27NO2/c1-13(11-14-7-9-16(20-2)10-8-14)18-12-17(19)15-5-3-4-6-15/h7-10,13,15,17-19H,3-6,11-12H2,1-2H3. The Bertz CT molecular complexity index is 384. The highest BCUT2D eigenvalue weighted by Crippen LogP contribution is 2.27. The van der Waals surface area contributed by atoms with Gasteiger partial charge in [0.25, 0.3) is 0 Å². The van der Waals surface area contributed by atoms with Crippen molar-refractivity contribution < 1.29 is 9.84 Å². The van der Waals surface area contributed by atoms with Crippen molar-refractivity contribution in [1.29, 1.82) is 0 Å². The second-order valence-corrected chi connectivity index (χ2v) is 5.97. The van der Waals surface area contributed by atoms with Crippen molar-refractivity contribution in [3.8, 4) is 5.75 Å². The van der Waals surface area contributed by atoms with Gasteiger partial charge in [0, 0.05) is 12.6 Å². The molecule has 1 aliphatic rings. The van der Waals surface area contributed by atoms with Crippen LogP contribution in [0.1, 0.15) is 38.2 Å². The van der Waals surface area contributed by atoms with Crippen molar-refractivity contribution in [1.82, 2.24) is 5.32 Å². The minimum atomic E-state index is -0.184. The Labute approximate surface area is 122 Å². The average molecular weight is 277 g/mol. The summed E-state index contributed by atoms with van der Waals surface area (Å²) in [4.78, 5) is 0. The summed E-state index contributed by atoms with van der Waals surface area (Å²) in [5.41, 5.74) is 1.29. The molecule has 0 amide bonds. The first-order chi connectivity index (χ1) is 9.69. The number of benzene rings is 1. The third-order valence-corrected chi connectivity index (χ3v) is 4.32. The number of methoxy groups -OCH3 is 1. The Morgan fingerprint density at radius 2 is 1.90 bits per heavy atom. The van der Waals surface area contributed by atoms with Gasteiger partial charge in [-0.05, 0) is 49.8 Å². The van der Waals surface area contributed by atoms with E-state index in [0.29, 0.717) is 18.5 Å². The molecule has 20 heavy (non-hydrogen) atoms. The van der Waals surface area contributed by atoms with E-state index in [2.05, 4.69) is 24.4 Å². The summed E-state index contributed by atoms with van der Waals surface area (Å²) in [6, 6.07) is 8.57. The molecular weight excluding hydrogens is 250 g/mol. The summed E-state index contributed by atoms with van der Waals surface area (Å²) >= 11 is 0. The van der Waals surface area contributed by atoms with Gasteiger partial charge in [0.05, 0.1) is 13.2 Å². The fraction of sp³-hybridized carbons (Fsp3) is 0.647. The molecule has 2 atom stereocenters. The van der Waals surface area contributed by atoms with Crippen LogP contribution in [0.3, 0.4) is 0 Å². The van der Waals surface area contributed by atoms with E-state index >= 15 is 0 Å². The molecule has 1 fully saturated rings. The lowest BCUT2D eigenvalue weighted by atomic mass is 10.0. The van der Waals surface area contributed by atoms with Gasteiger partial charge >= 0.3 is 0 Å². The van der Waals surface area contributed by atoms with Crippen LogP contribution in [0.15, 0.2) is 24.3 Å². The summed E-state index contributed by atoms with van der Waals surface area (Å²) in [5.74, 6) is 1.40. The number of hydrogen-bond donors (Lipinski definition) is 2. The predicted molar refractivity (Wildman–Crippen MR) is 82.1 cm³/mol. The molecule has 3 heteroatoms. The summed E-state index contributed by atoms with van der Waals surface area (Å²) in [6.45, 7) is 2.88. The zero-order valence-corrected chi connectivity index (χ0v) is 12.6. The van der Waals surface area contributed by atoms with Crippen LogP contribution in [0.4, 0.5) is 0 Å². The quantitative estimate of drug-likeness (QED) is 0.805. The summed E-state index contributed by atoms with van der Waals surface area (Å²) in [5, 5.41) is 13.6. The van der Waals surface area contributed by atoms with Crippen molar-refractivity contribution in [2.24, 2.45) is 5.92 Å². The maximum atomic E-state index is 10.2. The van der Waals surface area contributed by atoms with Gasteiger partial charge < -0.3 is 15.2 Å². The van der Waals surface area contributed by atoms with Crippen LogP contribution >= 0.6 is 0 Å². The Hall–Kier alpha value is -1.06. The smallest absolute Gasteiger partial charge is 0.118 e. The minimum Gasteiger partial charge on any atom is -0.497 e. The molecule has 0 saturated heterocycles. The van der Waals surface area contributed by atoms with Crippen molar-refractivity contribution >= 4 is 0 Å².